The van der Waals surface area contributed by atoms with Crippen molar-refractivity contribution in [1.82, 2.24) is 9.97 Å². The van der Waals surface area contributed by atoms with Crippen molar-refractivity contribution >= 4 is 29.0 Å². The maximum atomic E-state index is 12.5. The Morgan fingerprint density at radius 1 is 0.967 bits per heavy atom. The molecular weight excluding hydrogens is 376 g/mol. The number of piperazine rings is 1. The molecule has 1 aliphatic heterocycles. The number of amides is 1. The first-order chi connectivity index (χ1) is 14.5. The van der Waals surface area contributed by atoms with E-state index in [1.54, 1.807) is 0 Å². The van der Waals surface area contributed by atoms with Crippen LogP contribution in [0.2, 0.25) is 0 Å². The zero-order chi connectivity index (χ0) is 21.1. The van der Waals surface area contributed by atoms with Gasteiger partial charge in [-0.15, -0.1) is 0 Å². The van der Waals surface area contributed by atoms with E-state index in [1.807, 2.05) is 30.3 Å². The summed E-state index contributed by atoms with van der Waals surface area (Å²) in [5, 5.41) is 2.81. The average Bonchev–Trinajstić information content (AvgIpc) is 2.76. The van der Waals surface area contributed by atoms with Crippen LogP contribution in [0.15, 0.2) is 54.7 Å². The van der Waals surface area contributed by atoms with E-state index in [0.29, 0.717) is 11.6 Å². The summed E-state index contributed by atoms with van der Waals surface area (Å²) in [4.78, 5) is 25.8. The molecule has 0 bridgehead atoms. The molecule has 1 amide bonds. The van der Waals surface area contributed by atoms with Gasteiger partial charge in [0.15, 0.2) is 0 Å². The zero-order valence-corrected chi connectivity index (χ0v) is 17.3. The highest BCUT2D eigenvalue weighted by Crippen LogP contribution is 2.25. The Morgan fingerprint density at radius 2 is 1.67 bits per heavy atom. The molecule has 2 heterocycles. The van der Waals surface area contributed by atoms with Crippen LogP contribution >= 0.6 is 0 Å². The Bertz CT molecular complexity index is 1040. The van der Waals surface area contributed by atoms with Crippen molar-refractivity contribution in [2.45, 2.75) is 13.8 Å². The first kappa shape index (κ1) is 19.7. The standard InChI is InChI=1S/C23H26N6O/c1-16-7-6-10-20(17(16)2)28-11-13-29(14-12-28)23-25-15-19(21(24)27-23)22(30)26-18-8-4-3-5-9-18/h3-10,15H,11-14H2,1-2H3,(H,26,30)(H2,24,25,27). The molecule has 4 rings (SSSR count). The second-order valence-corrected chi connectivity index (χ2v) is 7.48. The van der Waals surface area contributed by atoms with Crippen molar-refractivity contribution in [2.75, 3.05) is 47.0 Å². The molecule has 7 nitrogen and oxygen atoms in total. The number of hydrogen-bond donors (Lipinski definition) is 2. The van der Waals surface area contributed by atoms with Crippen molar-refractivity contribution in [2.24, 2.45) is 0 Å². The highest BCUT2D eigenvalue weighted by atomic mass is 16.1. The molecule has 0 saturated carbocycles. The van der Waals surface area contributed by atoms with Crippen molar-refractivity contribution in [3.8, 4) is 0 Å². The van der Waals surface area contributed by atoms with Crippen molar-refractivity contribution in [1.29, 1.82) is 0 Å². The number of carbonyl (C=O) groups excluding carboxylic acids is 1. The number of carbonyl (C=O) groups is 1. The first-order valence-corrected chi connectivity index (χ1v) is 10.1. The lowest BCUT2D eigenvalue weighted by Gasteiger charge is -2.37. The van der Waals surface area contributed by atoms with Gasteiger partial charge in [0.2, 0.25) is 5.95 Å². The highest BCUT2D eigenvalue weighted by molar-refractivity contribution is 6.07. The van der Waals surface area contributed by atoms with Gasteiger partial charge in [0.05, 0.1) is 0 Å². The SMILES string of the molecule is Cc1cccc(N2CCN(c3ncc(C(=O)Nc4ccccc4)c(N)n3)CC2)c1C. The van der Waals surface area contributed by atoms with Crippen LogP contribution in [0.1, 0.15) is 21.5 Å². The van der Waals surface area contributed by atoms with Crippen LogP contribution in [0.3, 0.4) is 0 Å². The van der Waals surface area contributed by atoms with Gasteiger partial charge in [-0.05, 0) is 43.2 Å². The third-order valence-corrected chi connectivity index (χ3v) is 5.56. The number of rotatable bonds is 4. The summed E-state index contributed by atoms with van der Waals surface area (Å²) in [6.45, 7) is 7.65. The fourth-order valence-corrected chi connectivity index (χ4v) is 3.66. The van der Waals surface area contributed by atoms with Crippen LogP contribution < -0.4 is 20.9 Å². The minimum Gasteiger partial charge on any atom is -0.383 e. The Balaban J connectivity index is 1.42. The number of nitrogens with two attached hydrogens (primary N) is 1. The number of anilines is 4. The van der Waals surface area contributed by atoms with Crippen LogP contribution in [0.25, 0.3) is 0 Å². The van der Waals surface area contributed by atoms with E-state index < -0.39 is 0 Å². The van der Waals surface area contributed by atoms with Crippen LogP contribution in [0.4, 0.5) is 23.1 Å². The number of para-hydroxylation sites is 1. The lowest BCUT2D eigenvalue weighted by Crippen LogP contribution is -2.47. The van der Waals surface area contributed by atoms with E-state index >= 15 is 0 Å². The molecule has 3 N–H and O–H groups in total. The summed E-state index contributed by atoms with van der Waals surface area (Å²) < 4.78 is 0. The molecule has 7 heteroatoms. The second-order valence-electron chi connectivity index (χ2n) is 7.48. The Hall–Kier alpha value is -3.61. The van der Waals surface area contributed by atoms with E-state index in [1.165, 1.54) is 23.0 Å². The number of aryl methyl sites for hydroxylation is 1. The molecule has 154 valence electrons. The molecule has 0 unspecified atom stereocenters. The Labute approximate surface area is 176 Å². The summed E-state index contributed by atoms with van der Waals surface area (Å²) in [6, 6.07) is 15.7. The largest absolute Gasteiger partial charge is 0.383 e. The van der Waals surface area contributed by atoms with E-state index in [9.17, 15) is 4.79 Å². The summed E-state index contributed by atoms with van der Waals surface area (Å²) >= 11 is 0. The predicted molar refractivity (Wildman–Crippen MR) is 121 cm³/mol. The topological polar surface area (TPSA) is 87.4 Å². The maximum absolute atomic E-state index is 12.5. The number of hydrogen-bond acceptors (Lipinski definition) is 6. The number of nitrogens with zero attached hydrogens (tertiary/aromatic N) is 4. The van der Waals surface area contributed by atoms with E-state index in [2.05, 4.69) is 57.1 Å². The number of nitrogen functional groups attached to an aromatic ring is 1. The molecule has 0 radical (unpaired) electrons. The van der Waals surface area contributed by atoms with Gasteiger partial charge >= 0.3 is 0 Å². The van der Waals surface area contributed by atoms with Crippen molar-refractivity contribution < 1.29 is 4.79 Å². The second kappa shape index (κ2) is 8.41. The monoisotopic (exact) mass is 402 g/mol. The number of nitrogens with one attached hydrogen (secondary N) is 1. The Morgan fingerprint density at radius 3 is 2.37 bits per heavy atom. The molecule has 1 aliphatic rings. The van der Waals surface area contributed by atoms with Gasteiger partial charge in [-0.25, -0.2) is 4.98 Å². The van der Waals surface area contributed by atoms with Gasteiger partial charge in [0.1, 0.15) is 11.4 Å². The molecule has 0 aliphatic carbocycles. The van der Waals surface area contributed by atoms with E-state index in [4.69, 9.17) is 5.73 Å². The molecule has 1 aromatic heterocycles. The van der Waals surface area contributed by atoms with Gasteiger partial charge in [-0.1, -0.05) is 30.3 Å². The highest BCUT2D eigenvalue weighted by Gasteiger charge is 2.22. The van der Waals surface area contributed by atoms with Crippen LogP contribution in [-0.2, 0) is 0 Å². The normalized spacial score (nSPS) is 13.9. The minimum atomic E-state index is -0.315. The van der Waals surface area contributed by atoms with Crippen LogP contribution in [0.5, 0.6) is 0 Å². The fraction of sp³-hybridized carbons (Fsp3) is 0.261. The molecule has 1 saturated heterocycles. The average molecular weight is 403 g/mol. The minimum absolute atomic E-state index is 0.186. The fourth-order valence-electron chi connectivity index (χ4n) is 3.66. The lowest BCUT2D eigenvalue weighted by molar-refractivity contribution is 0.102. The summed E-state index contributed by atoms with van der Waals surface area (Å²) in [7, 11) is 0. The third kappa shape index (κ3) is 4.05. The van der Waals surface area contributed by atoms with Gasteiger partial charge < -0.3 is 20.9 Å². The van der Waals surface area contributed by atoms with E-state index in [-0.39, 0.29) is 17.3 Å². The van der Waals surface area contributed by atoms with Crippen molar-refractivity contribution in [3.63, 3.8) is 0 Å². The predicted octanol–water partition coefficient (Wildman–Crippen LogP) is 3.25. The molecular formula is C23H26N6O. The summed E-state index contributed by atoms with van der Waals surface area (Å²) in [5.74, 6) is 0.430. The summed E-state index contributed by atoms with van der Waals surface area (Å²) in [5.41, 5.74) is 11.0. The van der Waals surface area contributed by atoms with Gasteiger partial charge in [-0.2, -0.15) is 4.98 Å². The first-order valence-electron chi connectivity index (χ1n) is 10.1. The smallest absolute Gasteiger partial charge is 0.260 e. The zero-order valence-electron chi connectivity index (χ0n) is 17.3. The molecule has 0 atom stereocenters. The lowest BCUT2D eigenvalue weighted by atomic mass is 10.1. The van der Waals surface area contributed by atoms with Gasteiger partial charge in [0, 0.05) is 43.8 Å². The quantitative estimate of drug-likeness (QED) is 0.697. The van der Waals surface area contributed by atoms with Crippen LogP contribution in [-0.4, -0.2) is 42.1 Å². The Kier molecular flexibility index (Phi) is 5.52. The van der Waals surface area contributed by atoms with Crippen LogP contribution in [0, 0.1) is 13.8 Å². The molecule has 30 heavy (non-hydrogen) atoms. The molecule has 0 spiro atoms. The number of benzene rings is 2. The maximum Gasteiger partial charge on any atom is 0.260 e. The molecule has 1 fully saturated rings. The molecule has 3 aromatic rings. The van der Waals surface area contributed by atoms with Crippen molar-refractivity contribution in [3.05, 3.63) is 71.4 Å². The van der Waals surface area contributed by atoms with Gasteiger partial charge in [-0.3, -0.25) is 4.79 Å². The summed E-state index contributed by atoms with van der Waals surface area (Å²) in [6.07, 6.45) is 1.51. The van der Waals surface area contributed by atoms with E-state index in [0.717, 1.165) is 26.2 Å². The molecule has 2 aromatic carbocycles. The van der Waals surface area contributed by atoms with Gasteiger partial charge in [0.25, 0.3) is 5.91 Å². The third-order valence-electron chi connectivity index (χ3n) is 5.56. The number of aromatic nitrogens is 2.